The van der Waals surface area contributed by atoms with Gasteiger partial charge in [0.15, 0.2) is 0 Å². The SMILES string of the molecule is CCOC(=O)c1ccc(C(=C2c3cc(C(=O)OCC)ccc3-c3cc(C)ccc32)c2ccc(C(=O)OCC)cc2)cc1. The molecule has 0 spiro atoms. The van der Waals surface area contributed by atoms with Crippen molar-refractivity contribution in [3.8, 4) is 11.1 Å². The van der Waals surface area contributed by atoms with Crippen molar-refractivity contribution >= 4 is 29.1 Å². The zero-order valence-electron chi connectivity index (χ0n) is 24.2. The van der Waals surface area contributed by atoms with E-state index in [1.165, 1.54) is 0 Å². The minimum Gasteiger partial charge on any atom is -0.462 e. The standard InChI is InChI=1S/C36H32O6/c1-5-40-34(37)25-13-9-23(10-14-25)32(24-11-15-26(16-12-24)35(38)41-6-2)33-29-18-8-22(4)20-30(29)28-19-17-27(21-31(28)33)36(39)42-7-3/h8-21H,5-7H2,1-4H3. The first kappa shape index (κ1) is 28.6. The molecule has 4 aromatic rings. The van der Waals surface area contributed by atoms with Crippen molar-refractivity contribution in [3.63, 3.8) is 0 Å². The van der Waals surface area contributed by atoms with Crippen LogP contribution in [-0.4, -0.2) is 37.7 Å². The summed E-state index contributed by atoms with van der Waals surface area (Å²) >= 11 is 0. The average molecular weight is 561 g/mol. The van der Waals surface area contributed by atoms with Crippen LogP contribution >= 0.6 is 0 Å². The van der Waals surface area contributed by atoms with E-state index in [2.05, 4.69) is 25.1 Å². The van der Waals surface area contributed by atoms with Crippen molar-refractivity contribution < 1.29 is 28.6 Å². The third kappa shape index (κ3) is 5.48. The fourth-order valence-electron chi connectivity index (χ4n) is 5.27. The quantitative estimate of drug-likeness (QED) is 0.144. The summed E-state index contributed by atoms with van der Waals surface area (Å²) in [6.45, 7) is 8.25. The molecule has 1 aliphatic rings. The van der Waals surface area contributed by atoms with Crippen LogP contribution in [0.15, 0.2) is 84.9 Å². The Morgan fingerprint density at radius 1 is 0.476 bits per heavy atom. The molecule has 4 aromatic carbocycles. The maximum Gasteiger partial charge on any atom is 0.338 e. The number of ether oxygens (including phenoxy) is 3. The van der Waals surface area contributed by atoms with Gasteiger partial charge in [-0.1, -0.05) is 54.1 Å². The van der Waals surface area contributed by atoms with Gasteiger partial charge in [0.2, 0.25) is 0 Å². The van der Waals surface area contributed by atoms with Gasteiger partial charge in [0, 0.05) is 0 Å². The predicted octanol–water partition coefficient (Wildman–Crippen LogP) is 7.51. The molecule has 1 aliphatic carbocycles. The number of benzene rings is 4. The van der Waals surface area contributed by atoms with Crippen LogP contribution in [-0.2, 0) is 14.2 Å². The van der Waals surface area contributed by atoms with Gasteiger partial charge < -0.3 is 14.2 Å². The number of carbonyl (C=O) groups excluding carboxylic acids is 3. The van der Waals surface area contributed by atoms with Gasteiger partial charge in [0.1, 0.15) is 0 Å². The summed E-state index contributed by atoms with van der Waals surface area (Å²) in [5, 5.41) is 0. The number of carbonyl (C=O) groups is 3. The van der Waals surface area contributed by atoms with Gasteiger partial charge in [-0.15, -0.1) is 0 Å². The fraction of sp³-hybridized carbons (Fsp3) is 0.194. The van der Waals surface area contributed by atoms with Crippen LogP contribution in [0.1, 0.15) is 79.7 Å². The molecule has 0 unspecified atom stereocenters. The van der Waals surface area contributed by atoms with E-state index in [1.807, 2.05) is 36.4 Å². The lowest BCUT2D eigenvalue weighted by Crippen LogP contribution is -2.06. The Morgan fingerprint density at radius 3 is 1.40 bits per heavy atom. The Morgan fingerprint density at radius 2 is 0.905 bits per heavy atom. The highest BCUT2D eigenvalue weighted by atomic mass is 16.5. The molecule has 0 aliphatic heterocycles. The largest absolute Gasteiger partial charge is 0.462 e. The van der Waals surface area contributed by atoms with Gasteiger partial charge in [0.05, 0.1) is 36.5 Å². The third-order valence-electron chi connectivity index (χ3n) is 7.15. The second-order valence-corrected chi connectivity index (χ2v) is 9.88. The number of fused-ring (bicyclic) bond motifs is 3. The number of hydrogen-bond acceptors (Lipinski definition) is 6. The maximum absolute atomic E-state index is 12.8. The highest BCUT2D eigenvalue weighted by Gasteiger charge is 2.29. The second kappa shape index (κ2) is 12.3. The van der Waals surface area contributed by atoms with Crippen molar-refractivity contribution in [2.45, 2.75) is 27.7 Å². The van der Waals surface area contributed by atoms with Crippen LogP contribution in [0.3, 0.4) is 0 Å². The van der Waals surface area contributed by atoms with Crippen molar-refractivity contribution in [2.75, 3.05) is 19.8 Å². The minimum absolute atomic E-state index is 0.281. The molecular weight excluding hydrogens is 528 g/mol. The normalized spacial score (nSPS) is 11.4. The van der Waals surface area contributed by atoms with E-state index in [1.54, 1.807) is 51.1 Å². The van der Waals surface area contributed by atoms with E-state index < -0.39 is 0 Å². The van der Waals surface area contributed by atoms with Gasteiger partial charge in [0.25, 0.3) is 0 Å². The van der Waals surface area contributed by atoms with Crippen molar-refractivity contribution in [3.05, 3.63) is 129 Å². The summed E-state index contributed by atoms with van der Waals surface area (Å²) in [5.74, 6) is -1.16. The summed E-state index contributed by atoms with van der Waals surface area (Å²) in [6, 6.07) is 26.6. The van der Waals surface area contributed by atoms with E-state index in [4.69, 9.17) is 14.2 Å². The summed E-state index contributed by atoms with van der Waals surface area (Å²) < 4.78 is 15.7. The van der Waals surface area contributed by atoms with Crippen molar-refractivity contribution in [1.82, 2.24) is 0 Å². The molecular formula is C36H32O6. The molecule has 0 saturated heterocycles. The smallest absolute Gasteiger partial charge is 0.338 e. The third-order valence-corrected chi connectivity index (χ3v) is 7.15. The van der Waals surface area contributed by atoms with Crippen LogP contribution in [0.25, 0.3) is 22.3 Å². The van der Waals surface area contributed by atoms with E-state index >= 15 is 0 Å². The average Bonchev–Trinajstić information content (AvgIpc) is 3.31. The van der Waals surface area contributed by atoms with Gasteiger partial charge in [-0.2, -0.15) is 0 Å². The first-order chi connectivity index (χ1) is 20.4. The van der Waals surface area contributed by atoms with Crippen LogP contribution < -0.4 is 0 Å². The topological polar surface area (TPSA) is 78.9 Å². The Bertz CT molecular complexity index is 1630. The van der Waals surface area contributed by atoms with Gasteiger partial charge in [-0.25, -0.2) is 14.4 Å². The Balaban J connectivity index is 1.78. The van der Waals surface area contributed by atoms with Crippen molar-refractivity contribution in [1.29, 1.82) is 0 Å². The molecule has 0 bridgehead atoms. The Labute approximate surface area is 245 Å². The van der Waals surface area contributed by atoms with Crippen LogP contribution in [0.2, 0.25) is 0 Å². The molecule has 0 amide bonds. The Kier molecular flexibility index (Phi) is 8.34. The molecule has 5 rings (SSSR count). The summed E-state index contributed by atoms with van der Waals surface area (Å²) in [7, 11) is 0. The number of esters is 3. The number of hydrogen-bond donors (Lipinski definition) is 0. The molecule has 0 aromatic heterocycles. The lowest BCUT2D eigenvalue weighted by atomic mass is 9.87. The van der Waals surface area contributed by atoms with Crippen LogP contribution in [0.4, 0.5) is 0 Å². The van der Waals surface area contributed by atoms with E-state index in [0.29, 0.717) is 29.9 Å². The van der Waals surface area contributed by atoms with E-state index in [0.717, 1.165) is 50.1 Å². The van der Waals surface area contributed by atoms with Crippen molar-refractivity contribution in [2.24, 2.45) is 0 Å². The minimum atomic E-state index is -0.386. The highest BCUT2D eigenvalue weighted by molar-refractivity contribution is 6.14. The maximum atomic E-state index is 12.8. The molecule has 212 valence electrons. The first-order valence-corrected chi connectivity index (χ1v) is 14.1. The molecule has 42 heavy (non-hydrogen) atoms. The first-order valence-electron chi connectivity index (χ1n) is 14.1. The lowest BCUT2D eigenvalue weighted by Gasteiger charge is -2.16. The zero-order chi connectivity index (χ0) is 29.8. The molecule has 0 heterocycles. The molecule has 6 nitrogen and oxygen atoms in total. The summed E-state index contributed by atoms with van der Waals surface area (Å²) in [5.41, 5.74) is 10.1. The van der Waals surface area contributed by atoms with E-state index in [-0.39, 0.29) is 24.5 Å². The predicted molar refractivity (Wildman–Crippen MR) is 162 cm³/mol. The molecule has 0 saturated carbocycles. The van der Waals surface area contributed by atoms with Crippen LogP contribution in [0.5, 0.6) is 0 Å². The molecule has 6 heteroatoms. The van der Waals surface area contributed by atoms with Gasteiger partial charge in [-0.3, -0.25) is 0 Å². The number of rotatable bonds is 8. The van der Waals surface area contributed by atoms with Crippen LogP contribution in [0, 0.1) is 6.92 Å². The fourth-order valence-corrected chi connectivity index (χ4v) is 5.27. The second-order valence-electron chi connectivity index (χ2n) is 9.88. The molecule has 0 radical (unpaired) electrons. The highest BCUT2D eigenvalue weighted by Crippen LogP contribution is 2.49. The Hall–Kier alpha value is -4.97. The van der Waals surface area contributed by atoms with Gasteiger partial charge >= 0.3 is 17.9 Å². The lowest BCUT2D eigenvalue weighted by molar-refractivity contribution is 0.0516. The number of aryl methyl sites for hydroxylation is 1. The molecule has 0 N–H and O–H groups in total. The molecule has 0 fully saturated rings. The molecule has 0 atom stereocenters. The monoisotopic (exact) mass is 560 g/mol. The van der Waals surface area contributed by atoms with Gasteiger partial charge in [-0.05, 0) is 109 Å². The summed E-state index contributed by atoms with van der Waals surface area (Å²) in [6.07, 6.45) is 0. The summed E-state index contributed by atoms with van der Waals surface area (Å²) in [4.78, 5) is 37.6. The van der Waals surface area contributed by atoms with E-state index in [9.17, 15) is 14.4 Å². The zero-order valence-corrected chi connectivity index (χ0v) is 24.2.